The maximum absolute atomic E-state index is 12.7. The molecule has 1 amide bonds. The predicted octanol–water partition coefficient (Wildman–Crippen LogP) is 2.74. The molecule has 3 aliphatic rings. The summed E-state index contributed by atoms with van der Waals surface area (Å²) in [7, 11) is 1.68. The molecule has 5 heteroatoms. The topological polar surface area (TPSA) is 55.8 Å². The van der Waals surface area contributed by atoms with E-state index >= 15 is 0 Å². The van der Waals surface area contributed by atoms with E-state index in [0.29, 0.717) is 18.9 Å². The van der Waals surface area contributed by atoms with Crippen LogP contribution in [0.3, 0.4) is 0 Å². The summed E-state index contributed by atoms with van der Waals surface area (Å²) in [4.78, 5) is 26.1. The Bertz CT molecular complexity index is 655. The molecular weight excluding hydrogens is 318 g/mol. The lowest BCUT2D eigenvalue weighted by atomic mass is 9.61. The van der Waals surface area contributed by atoms with Crippen molar-refractivity contribution in [3.8, 4) is 5.75 Å². The van der Waals surface area contributed by atoms with Crippen molar-refractivity contribution in [2.24, 2.45) is 11.3 Å². The van der Waals surface area contributed by atoms with E-state index in [1.54, 1.807) is 7.11 Å². The first-order valence-corrected chi connectivity index (χ1v) is 9.17. The van der Waals surface area contributed by atoms with E-state index in [2.05, 4.69) is 12.1 Å². The number of amides is 1. The van der Waals surface area contributed by atoms with Crippen LogP contribution >= 0.6 is 0 Å². The molecule has 0 aromatic heterocycles. The summed E-state index contributed by atoms with van der Waals surface area (Å²) in [6, 6.07) is 8.28. The quantitative estimate of drug-likeness (QED) is 0.792. The molecule has 0 radical (unpaired) electrons. The minimum Gasteiger partial charge on any atom is -0.497 e. The van der Waals surface area contributed by atoms with Crippen LogP contribution in [0.5, 0.6) is 5.75 Å². The Labute approximate surface area is 148 Å². The average molecular weight is 343 g/mol. The van der Waals surface area contributed by atoms with Gasteiger partial charge in [-0.15, -0.1) is 0 Å². The molecule has 2 heterocycles. The molecule has 0 N–H and O–H groups in total. The zero-order chi connectivity index (χ0) is 17.4. The number of nitrogens with zero attached hydrogens (tertiary/aromatic N) is 1. The van der Waals surface area contributed by atoms with Gasteiger partial charge in [-0.1, -0.05) is 12.1 Å². The van der Waals surface area contributed by atoms with E-state index in [9.17, 15) is 9.59 Å². The zero-order valence-corrected chi connectivity index (χ0v) is 14.7. The van der Waals surface area contributed by atoms with Crippen LogP contribution in [0.25, 0.3) is 0 Å². The van der Waals surface area contributed by atoms with Crippen molar-refractivity contribution in [2.45, 2.75) is 38.0 Å². The number of hydrogen-bond donors (Lipinski definition) is 0. The minimum absolute atomic E-state index is 0.0289. The molecule has 1 aromatic carbocycles. The van der Waals surface area contributed by atoms with Gasteiger partial charge in [-0.05, 0) is 49.3 Å². The largest absolute Gasteiger partial charge is 0.497 e. The van der Waals surface area contributed by atoms with Gasteiger partial charge in [-0.2, -0.15) is 0 Å². The Morgan fingerprint density at radius 1 is 1.20 bits per heavy atom. The zero-order valence-electron chi connectivity index (χ0n) is 14.7. The average Bonchev–Trinajstić information content (AvgIpc) is 3.02. The number of esters is 1. The van der Waals surface area contributed by atoms with Gasteiger partial charge in [-0.3, -0.25) is 9.59 Å². The van der Waals surface area contributed by atoms with E-state index in [0.717, 1.165) is 44.5 Å². The molecular formula is C20H25NO4. The van der Waals surface area contributed by atoms with Crippen LogP contribution < -0.4 is 4.74 Å². The highest BCUT2D eigenvalue weighted by Gasteiger charge is 2.53. The smallest absolute Gasteiger partial charge is 0.306 e. The fourth-order valence-electron chi connectivity index (χ4n) is 4.63. The number of carbonyl (C=O) groups is 2. The maximum Gasteiger partial charge on any atom is 0.306 e. The van der Waals surface area contributed by atoms with Crippen molar-refractivity contribution < 1.29 is 19.1 Å². The third-order valence-corrected chi connectivity index (χ3v) is 6.16. The number of likely N-dealkylation sites (tertiary alicyclic amines) is 1. The monoisotopic (exact) mass is 343 g/mol. The van der Waals surface area contributed by atoms with Crippen molar-refractivity contribution in [1.29, 1.82) is 0 Å². The first-order chi connectivity index (χ1) is 12.1. The van der Waals surface area contributed by atoms with Crippen LogP contribution in [0.15, 0.2) is 24.3 Å². The van der Waals surface area contributed by atoms with Crippen LogP contribution in [0.4, 0.5) is 0 Å². The molecule has 0 bridgehead atoms. The number of hydrogen-bond acceptors (Lipinski definition) is 4. The van der Waals surface area contributed by atoms with Gasteiger partial charge in [0.25, 0.3) is 0 Å². The van der Waals surface area contributed by atoms with Gasteiger partial charge < -0.3 is 14.4 Å². The third-order valence-electron chi connectivity index (χ3n) is 6.16. The number of rotatable bonds is 3. The number of benzene rings is 1. The van der Waals surface area contributed by atoms with Gasteiger partial charge in [0.2, 0.25) is 5.91 Å². The van der Waals surface area contributed by atoms with Crippen molar-refractivity contribution in [1.82, 2.24) is 4.90 Å². The van der Waals surface area contributed by atoms with Crippen LogP contribution in [-0.4, -0.2) is 43.6 Å². The number of ether oxygens (including phenoxy) is 2. The fourth-order valence-corrected chi connectivity index (χ4v) is 4.63. The SMILES string of the molecule is COc1ccc(C2CCN(C(=O)C3CC4(COC(=O)C4)C3)CC2)cc1. The van der Waals surface area contributed by atoms with Crippen molar-refractivity contribution in [3.05, 3.63) is 29.8 Å². The summed E-state index contributed by atoms with van der Waals surface area (Å²) in [5, 5.41) is 0. The van der Waals surface area contributed by atoms with Crippen LogP contribution in [0, 0.1) is 11.3 Å². The van der Waals surface area contributed by atoms with Gasteiger partial charge in [0.05, 0.1) is 20.1 Å². The Morgan fingerprint density at radius 2 is 1.88 bits per heavy atom. The second kappa shape index (κ2) is 6.36. The van der Waals surface area contributed by atoms with Gasteiger partial charge in [0.1, 0.15) is 5.75 Å². The molecule has 134 valence electrons. The lowest BCUT2D eigenvalue weighted by Gasteiger charge is -2.45. The lowest BCUT2D eigenvalue weighted by molar-refractivity contribution is -0.144. The van der Waals surface area contributed by atoms with Gasteiger partial charge in [0, 0.05) is 24.4 Å². The molecule has 25 heavy (non-hydrogen) atoms. The number of cyclic esters (lactones) is 1. The molecule has 1 aliphatic carbocycles. The molecule has 2 saturated heterocycles. The Morgan fingerprint density at radius 3 is 2.44 bits per heavy atom. The molecule has 5 nitrogen and oxygen atoms in total. The standard InChI is InChI=1S/C20H25NO4/c1-24-17-4-2-14(3-5-17)15-6-8-21(9-7-15)19(23)16-10-20(11-16)12-18(22)25-13-20/h2-5,15-16H,6-13H2,1H3. The molecule has 0 unspecified atom stereocenters. The van der Waals surface area contributed by atoms with Gasteiger partial charge in [-0.25, -0.2) is 0 Å². The molecule has 3 fully saturated rings. The number of methoxy groups -OCH3 is 1. The van der Waals surface area contributed by atoms with E-state index < -0.39 is 0 Å². The van der Waals surface area contributed by atoms with Gasteiger partial charge in [0.15, 0.2) is 0 Å². The number of carbonyl (C=O) groups excluding carboxylic acids is 2. The second-order valence-corrected chi connectivity index (χ2v) is 7.82. The maximum atomic E-state index is 12.7. The number of piperidine rings is 1. The Hall–Kier alpha value is -2.04. The molecule has 1 saturated carbocycles. The second-order valence-electron chi connectivity index (χ2n) is 7.82. The Balaban J connectivity index is 1.28. The Kier molecular flexibility index (Phi) is 4.18. The molecule has 1 spiro atoms. The highest BCUT2D eigenvalue weighted by Crippen LogP contribution is 2.52. The predicted molar refractivity (Wildman–Crippen MR) is 92.3 cm³/mol. The highest BCUT2D eigenvalue weighted by molar-refractivity contribution is 5.81. The van der Waals surface area contributed by atoms with Crippen LogP contribution in [-0.2, 0) is 14.3 Å². The highest BCUT2D eigenvalue weighted by atomic mass is 16.5. The lowest BCUT2D eigenvalue weighted by Crippen LogP contribution is -2.49. The summed E-state index contributed by atoms with van der Waals surface area (Å²) in [6.45, 7) is 2.16. The minimum atomic E-state index is -0.105. The van der Waals surface area contributed by atoms with Crippen molar-refractivity contribution in [2.75, 3.05) is 26.8 Å². The molecule has 0 atom stereocenters. The normalized spacial score (nSPS) is 29.4. The molecule has 4 rings (SSSR count). The summed E-state index contributed by atoms with van der Waals surface area (Å²) >= 11 is 0. The van der Waals surface area contributed by atoms with Crippen molar-refractivity contribution in [3.63, 3.8) is 0 Å². The van der Waals surface area contributed by atoms with E-state index in [1.165, 1.54) is 5.56 Å². The first kappa shape index (κ1) is 16.4. The first-order valence-electron chi connectivity index (χ1n) is 9.17. The summed E-state index contributed by atoms with van der Waals surface area (Å²) < 4.78 is 10.3. The fraction of sp³-hybridized carbons (Fsp3) is 0.600. The van der Waals surface area contributed by atoms with Crippen molar-refractivity contribution >= 4 is 11.9 Å². The molecule has 1 aromatic rings. The van der Waals surface area contributed by atoms with Crippen LogP contribution in [0.2, 0.25) is 0 Å². The molecule has 2 aliphatic heterocycles. The van der Waals surface area contributed by atoms with Gasteiger partial charge >= 0.3 is 5.97 Å². The third kappa shape index (κ3) is 3.12. The van der Waals surface area contributed by atoms with E-state index in [1.807, 2.05) is 17.0 Å². The van der Waals surface area contributed by atoms with Crippen LogP contribution in [0.1, 0.15) is 43.6 Å². The summed E-state index contributed by atoms with van der Waals surface area (Å²) in [5.41, 5.74) is 1.30. The van der Waals surface area contributed by atoms with E-state index in [-0.39, 0.29) is 23.2 Å². The summed E-state index contributed by atoms with van der Waals surface area (Å²) in [5.74, 6) is 1.66. The summed E-state index contributed by atoms with van der Waals surface area (Å²) in [6.07, 6.45) is 4.15. The van der Waals surface area contributed by atoms with E-state index in [4.69, 9.17) is 9.47 Å².